The molecule has 4 nitrogen and oxygen atoms in total. The highest BCUT2D eigenvalue weighted by molar-refractivity contribution is 5.79. The Labute approximate surface area is 156 Å². The summed E-state index contributed by atoms with van der Waals surface area (Å²) in [5.74, 6) is 0.338. The lowest BCUT2D eigenvalue weighted by Gasteiger charge is -2.26. The maximum absolute atomic E-state index is 12.8. The smallest absolute Gasteiger partial charge is 0.223 e. The standard InChI is InChI=1S/C22H29N3O/c1-25(2)16-17-8-10-18(11-9-17)21(19-12-14-23-15-13-19)24-22(26)20-6-4-3-5-7-20/h8-15,20-21H,3-7,16H2,1-2H3,(H,24,26). The number of carbonyl (C=O) groups is 1. The van der Waals surface area contributed by atoms with Gasteiger partial charge in [-0.3, -0.25) is 9.78 Å². The molecule has 0 bridgehead atoms. The first-order chi connectivity index (χ1) is 12.6. The van der Waals surface area contributed by atoms with Gasteiger partial charge in [0.2, 0.25) is 5.91 Å². The first-order valence-corrected chi connectivity index (χ1v) is 9.57. The summed E-state index contributed by atoms with van der Waals surface area (Å²) < 4.78 is 0. The van der Waals surface area contributed by atoms with Crippen LogP contribution in [0.3, 0.4) is 0 Å². The van der Waals surface area contributed by atoms with Gasteiger partial charge in [-0.2, -0.15) is 0 Å². The van der Waals surface area contributed by atoms with Gasteiger partial charge in [-0.05, 0) is 55.8 Å². The van der Waals surface area contributed by atoms with Crippen LogP contribution in [-0.4, -0.2) is 29.9 Å². The summed E-state index contributed by atoms with van der Waals surface area (Å²) >= 11 is 0. The summed E-state index contributed by atoms with van der Waals surface area (Å²) in [5, 5.41) is 3.30. The molecule has 2 aromatic rings. The SMILES string of the molecule is CN(C)Cc1ccc(C(NC(=O)C2CCCCC2)c2ccncc2)cc1. The molecule has 1 aliphatic rings. The minimum atomic E-state index is -0.124. The molecule has 138 valence electrons. The van der Waals surface area contributed by atoms with Gasteiger partial charge in [-0.15, -0.1) is 0 Å². The zero-order chi connectivity index (χ0) is 18.4. The Morgan fingerprint density at radius 2 is 1.65 bits per heavy atom. The van der Waals surface area contributed by atoms with E-state index in [0.29, 0.717) is 0 Å². The Morgan fingerprint density at radius 1 is 1.04 bits per heavy atom. The lowest BCUT2D eigenvalue weighted by molar-refractivity contribution is -0.126. The molecule has 1 amide bonds. The molecule has 1 atom stereocenters. The van der Waals surface area contributed by atoms with Crippen molar-refractivity contribution in [3.63, 3.8) is 0 Å². The number of benzene rings is 1. The third kappa shape index (κ3) is 4.92. The van der Waals surface area contributed by atoms with Gasteiger partial charge in [-0.1, -0.05) is 43.5 Å². The van der Waals surface area contributed by atoms with E-state index in [9.17, 15) is 4.79 Å². The largest absolute Gasteiger partial charge is 0.345 e. The van der Waals surface area contributed by atoms with Crippen molar-refractivity contribution in [3.8, 4) is 0 Å². The van der Waals surface area contributed by atoms with Crippen molar-refractivity contribution in [1.29, 1.82) is 0 Å². The van der Waals surface area contributed by atoms with Crippen LogP contribution in [0.1, 0.15) is 54.8 Å². The molecule has 3 rings (SSSR count). The van der Waals surface area contributed by atoms with Crippen LogP contribution in [-0.2, 0) is 11.3 Å². The monoisotopic (exact) mass is 351 g/mol. The van der Waals surface area contributed by atoms with Gasteiger partial charge in [0.05, 0.1) is 6.04 Å². The summed E-state index contributed by atoms with van der Waals surface area (Å²) in [7, 11) is 4.14. The van der Waals surface area contributed by atoms with E-state index in [1.165, 1.54) is 12.0 Å². The van der Waals surface area contributed by atoms with Gasteiger partial charge in [0.1, 0.15) is 0 Å². The minimum Gasteiger partial charge on any atom is -0.345 e. The van der Waals surface area contributed by atoms with Crippen molar-refractivity contribution in [1.82, 2.24) is 15.2 Å². The highest BCUT2D eigenvalue weighted by Gasteiger charge is 2.24. The van der Waals surface area contributed by atoms with E-state index in [4.69, 9.17) is 0 Å². The quantitative estimate of drug-likeness (QED) is 0.858. The van der Waals surface area contributed by atoms with Crippen LogP contribution in [0.25, 0.3) is 0 Å². The second kappa shape index (κ2) is 8.95. The average Bonchev–Trinajstić information content (AvgIpc) is 2.67. The van der Waals surface area contributed by atoms with Crippen molar-refractivity contribution in [2.75, 3.05) is 14.1 Å². The molecule has 1 saturated carbocycles. The summed E-state index contributed by atoms with van der Waals surface area (Å²) in [5.41, 5.74) is 3.46. The number of rotatable bonds is 6. The maximum Gasteiger partial charge on any atom is 0.223 e. The van der Waals surface area contributed by atoms with Crippen LogP contribution in [0.4, 0.5) is 0 Å². The third-order valence-electron chi connectivity index (χ3n) is 5.11. The van der Waals surface area contributed by atoms with Gasteiger partial charge in [0.15, 0.2) is 0 Å². The molecule has 4 heteroatoms. The van der Waals surface area contributed by atoms with Crippen LogP contribution in [0, 0.1) is 5.92 Å². The predicted octanol–water partition coefficient (Wildman–Crippen LogP) is 3.93. The van der Waals surface area contributed by atoms with E-state index in [0.717, 1.165) is 43.4 Å². The summed E-state index contributed by atoms with van der Waals surface area (Å²) in [4.78, 5) is 19.1. The predicted molar refractivity (Wildman–Crippen MR) is 105 cm³/mol. The third-order valence-corrected chi connectivity index (χ3v) is 5.11. The van der Waals surface area contributed by atoms with Gasteiger partial charge >= 0.3 is 0 Å². The molecular formula is C22H29N3O. The molecule has 0 spiro atoms. The van der Waals surface area contributed by atoms with Crippen LogP contribution in [0.5, 0.6) is 0 Å². The first kappa shape index (κ1) is 18.6. The molecule has 1 aromatic heterocycles. The van der Waals surface area contributed by atoms with E-state index < -0.39 is 0 Å². The topological polar surface area (TPSA) is 45.2 Å². The molecule has 1 aliphatic carbocycles. The lowest BCUT2D eigenvalue weighted by Crippen LogP contribution is -2.35. The number of aromatic nitrogens is 1. The van der Waals surface area contributed by atoms with E-state index in [1.807, 2.05) is 12.1 Å². The van der Waals surface area contributed by atoms with E-state index in [-0.39, 0.29) is 17.9 Å². The van der Waals surface area contributed by atoms with Gasteiger partial charge in [0, 0.05) is 24.9 Å². The molecule has 0 radical (unpaired) electrons. The number of carbonyl (C=O) groups excluding carboxylic acids is 1. The number of pyridine rings is 1. The number of hydrogen-bond acceptors (Lipinski definition) is 3. The van der Waals surface area contributed by atoms with Crippen molar-refractivity contribution in [2.45, 2.75) is 44.7 Å². The summed E-state index contributed by atoms with van der Waals surface area (Å²) in [6.07, 6.45) is 9.18. The Morgan fingerprint density at radius 3 is 2.27 bits per heavy atom. The fourth-order valence-corrected chi connectivity index (χ4v) is 3.72. The number of amides is 1. The van der Waals surface area contributed by atoms with Crippen LogP contribution < -0.4 is 5.32 Å². The van der Waals surface area contributed by atoms with Crippen LogP contribution >= 0.6 is 0 Å². The fourth-order valence-electron chi connectivity index (χ4n) is 3.72. The van der Waals surface area contributed by atoms with Gasteiger partial charge in [-0.25, -0.2) is 0 Å². The molecule has 1 fully saturated rings. The zero-order valence-electron chi connectivity index (χ0n) is 15.8. The Kier molecular flexibility index (Phi) is 6.40. The molecule has 0 aliphatic heterocycles. The fraction of sp³-hybridized carbons (Fsp3) is 0.455. The Hall–Kier alpha value is -2.20. The molecule has 1 heterocycles. The molecule has 1 N–H and O–H groups in total. The van der Waals surface area contributed by atoms with Crippen molar-refractivity contribution in [3.05, 3.63) is 65.5 Å². The zero-order valence-corrected chi connectivity index (χ0v) is 15.8. The van der Waals surface area contributed by atoms with E-state index >= 15 is 0 Å². The lowest BCUT2D eigenvalue weighted by atomic mass is 9.88. The average molecular weight is 351 g/mol. The summed E-state index contributed by atoms with van der Waals surface area (Å²) in [6.45, 7) is 0.911. The molecule has 1 aromatic carbocycles. The molecular weight excluding hydrogens is 322 g/mol. The number of nitrogens with one attached hydrogen (secondary N) is 1. The molecule has 1 unspecified atom stereocenters. The van der Waals surface area contributed by atoms with Gasteiger partial charge < -0.3 is 10.2 Å². The summed E-state index contributed by atoms with van der Waals surface area (Å²) in [6, 6.07) is 12.4. The Balaban J connectivity index is 1.80. The molecule has 0 saturated heterocycles. The van der Waals surface area contributed by atoms with E-state index in [2.05, 4.69) is 53.6 Å². The minimum absolute atomic E-state index is 0.124. The number of hydrogen-bond donors (Lipinski definition) is 1. The van der Waals surface area contributed by atoms with Crippen LogP contribution in [0.15, 0.2) is 48.8 Å². The highest BCUT2D eigenvalue weighted by atomic mass is 16.1. The molecule has 26 heavy (non-hydrogen) atoms. The normalized spacial score (nSPS) is 16.4. The van der Waals surface area contributed by atoms with E-state index in [1.54, 1.807) is 12.4 Å². The first-order valence-electron chi connectivity index (χ1n) is 9.57. The second-order valence-electron chi connectivity index (χ2n) is 7.54. The second-order valence-corrected chi connectivity index (χ2v) is 7.54. The highest BCUT2D eigenvalue weighted by Crippen LogP contribution is 2.27. The van der Waals surface area contributed by atoms with Crippen molar-refractivity contribution >= 4 is 5.91 Å². The van der Waals surface area contributed by atoms with Gasteiger partial charge in [0.25, 0.3) is 0 Å². The number of nitrogens with zero attached hydrogens (tertiary/aromatic N) is 2. The van der Waals surface area contributed by atoms with Crippen molar-refractivity contribution in [2.24, 2.45) is 5.92 Å². The van der Waals surface area contributed by atoms with Crippen LogP contribution in [0.2, 0.25) is 0 Å². The Bertz CT molecular complexity index is 691. The maximum atomic E-state index is 12.8. The van der Waals surface area contributed by atoms with Crippen molar-refractivity contribution < 1.29 is 4.79 Å².